The van der Waals surface area contributed by atoms with E-state index >= 15 is 0 Å². The van der Waals surface area contributed by atoms with Gasteiger partial charge in [0.05, 0.1) is 4.92 Å². The number of hydrogen-bond donors (Lipinski definition) is 0. The number of rotatable bonds is 4. The smallest absolute Gasteiger partial charge is 0.292 e. The van der Waals surface area contributed by atoms with Crippen LogP contribution in [0.4, 0.5) is 17.1 Å². The van der Waals surface area contributed by atoms with E-state index in [9.17, 15) is 19.7 Å². The Kier molecular flexibility index (Phi) is 5.16. The molecule has 150 valence electrons. The zero-order valence-electron chi connectivity index (χ0n) is 16.0. The number of anilines is 2. The number of benzene rings is 2. The van der Waals surface area contributed by atoms with Crippen LogP contribution in [-0.4, -0.2) is 54.4 Å². The molecule has 2 aliphatic heterocycles. The van der Waals surface area contributed by atoms with Crippen LogP contribution in [0.5, 0.6) is 0 Å². The van der Waals surface area contributed by atoms with E-state index in [0.29, 0.717) is 43.9 Å². The quantitative estimate of drug-likeness (QED) is 0.588. The van der Waals surface area contributed by atoms with Crippen LogP contribution in [0.2, 0.25) is 0 Å². The number of hydrogen-bond acceptors (Lipinski definition) is 5. The van der Waals surface area contributed by atoms with Crippen molar-refractivity contribution in [2.75, 3.05) is 42.5 Å². The lowest BCUT2D eigenvalue weighted by Crippen LogP contribution is -2.49. The second-order valence-electron chi connectivity index (χ2n) is 7.22. The molecule has 0 atom stereocenters. The molecule has 29 heavy (non-hydrogen) atoms. The van der Waals surface area contributed by atoms with Crippen molar-refractivity contribution in [3.63, 3.8) is 0 Å². The van der Waals surface area contributed by atoms with Crippen LogP contribution in [0.15, 0.2) is 48.5 Å². The highest BCUT2D eigenvalue weighted by atomic mass is 16.6. The average Bonchev–Trinajstić information content (AvgIpc) is 3.19. The summed E-state index contributed by atoms with van der Waals surface area (Å²) in [6, 6.07) is 13.8. The fourth-order valence-corrected chi connectivity index (χ4v) is 3.92. The molecule has 0 aliphatic carbocycles. The fourth-order valence-electron chi connectivity index (χ4n) is 3.92. The SMILES string of the molecule is O=C(c1ccc(N2CCCC2=O)cc1)N1CCN(c2ccccc2[N+](=O)[O-])CC1. The number of amides is 2. The van der Waals surface area contributed by atoms with Gasteiger partial charge in [0, 0.05) is 56.5 Å². The normalized spacial score (nSPS) is 17.0. The van der Waals surface area contributed by atoms with E-state index in [2.05, 4.69) is 0 Å². The van der Waals surface area contributed by atoms with Crippen LogP contribution in [0.3, 0.4) is 0 Å². The van der Waals surface area contributed by atoms with Crippen molar-refractivity contribution in [1.82, 2.24) is 4.90 Å². The number of para-hydroxylation sites is 2. The van der Waals surface area contributed by atoms with Gasteiger partial charge in [-0.05, 0) is 36.8 Å². The molecule has 0 spiro atoms. The zero-order valence-corrected chi connectivity index (χ0v) is 16.0. The fraction of sp³-hybridized carbons (Fsp3) is 0.333. The minimum absolute atomic E-state index is 0.0634. The summed E-state index contributed by atoms with van der Waals surface area (Å²) in [4.78, 5) is 41.0. The second kappa shape index (κ2) is 7.90. The molecule has 0 saturated carbocycles. The summed E-state index contributed by atoms with van der Waals surface area (Å²) in [5.74, 6) is 0.0571. The van der Waals surface area contributed by atoms with Gasteiger partial charge in [0.25, 0.3) is 11.6 Å². The first-order valence-corrected chi connectivity index (χ1v) is 9.72. The van der Waals surface area contributed by atoms with E-state index in [0.717, 1.165) is 18.7 Å². The number of piperazine rings is 1. The minimum Gasteiger partial charge on any atom is -0.362 e. The van der Waals surface area contributed by atoms with Crippen molar-refractivity contribution in [1.29, 1.82) is 0 Å². The van der Waals surface area contributed by atoms with E-state index in [4.69, 9.17) is 0 Å². The lowest BCUT2D eigenvalue weighted by Gasteiger charge is -2.35. The van der Waals surface area contributed by atoms with Crippen molar-refractivity contribution in [2.24, 2.45) is 0 Å². The molecule has 2 saturated heterocycles. The highest BCUT2D eigenvalue weighted by molar-refractivity contribution is 5.97. The third-order valence-electron chi connectivity index (χ3n) is 5.49. The summed E-state index contributed by atoms with van der Waals surface area (Å²) in [6.45, 7) is 2.79. The Morgan fingerprint density at radius 1 is 0.931 bits per heavy atom. The predicted octanol–water partition coefficient (Wildman–Crippen LogP) is 2.68. The molecule has 0 bridgehead atoms. The summed E-state index contributed by atoms with van der Waals surface area (Å²) in [6.07, 6.45) is 1.44. The maximum Gasteiger partial charge on any atom is 0.292 e. The Balaban J connectivity index is 1.40. The zero-order chi connectivity index (χ0) is 20.4. The maximum atomic E-state index is 12.8. The Hall–Kier alpha value is -3.42. The number of carbonyl (C=O) groups is 2. The third kappa shape index (κ3) is 3.78. The van der Waals surface area contributed by atoms with Gasteiger partial charge in [0.15, 0.2) is 0 Å². The Labute approximate surface area is 168 Å². The second-order valence-corrected chi connectivity index (χ2v) is 7.22. The van der Waals surface area contributed by atoms with E-state index in [1.165, 1.54) is 6.07 Å². The van der Waals surface area contributed by atoms with Gasteiger partial charge in [0.1, 0.15) is 5.69 Å². The van der Waals surface area contributed by atoms with E-state index in [1.807, 2.05) is 17.0 Å². The lowest BCUT2D eigenvalue weighted by atomic mass is 10.1. The Bertz CT molecular complexity index is 936. The first-order valence-electron chi connectivity index (χ1n) is 9.72. The maximum absolute atomic E-state index is 12.8. The number of nitro groups is 1. The molecule has 4 rings (SSSR count). The first-order chi connectivity index (χ1) is 14.0. The molecule has 2 amide bonds. The van der Waals surface area contributed by atoms with Gasteiger partial charge in [-0.2, -0.15) is 0 Å². The monoisotopic (exact) mass is 394 g/mol. The van der Waals surface area contributed by atoms with Crippen LogP contribution in [0.1, 0.15) is 23.2 Å². The van der Waals surface area contributed by atoms with Crippen molar-refractivity contribution in [3.8, 4) is 0 Å². The van der Waals surface area contributed by atoms with E-state index in [-0.39, 0.29) is 22.4 Å². The van der Waals surface area contributed by atoms with Crippen LogP contribution in [0, 0.1) is 10.1 Å². The van der Waals surface area contributed by atoms with Crippen molar-refractivity contribution in [3.05, 3.63) is 64.2 Å². The summed E-state index contributed by atoms with van der Waals surface area (Å²) in [5.41, 5.74) is 2.08. The molecule has 0 radical (unpaired) electrons. The molecule has 2 aromatic carbocycles. The van der Waals surface area contributed by atoms with Crippen LogP contribution in [0.25, 0.3) is 0 Å². The molecule has 8 heteroatoms. The van der Waals surface area contributed by atoms with Crippen LogP contribution >= 0.6 is 0 Å². The van der Waals surface area contributed by atoms with E-state index < -0.39 is 0 Å². The van der Waals surface area contributed by atoms with E-state index in [1.54, 1.807) is 40.1 Å². The van der Waals surface area contributed by atoms with Gasteiger partial charge in [-0.3, -0.25) is 19.7 Å². The summed E-state index contributed by atoms with van der Waals surface area (Å²) < 4.78 is 0. The summed E-state index contributed by atoms with van der Waals surface area (Å²) in [5, 5.41) is 11.3. The molecular formula is C21H22N4O4. The minimum atomic E-state index is -0.375. The molecule has 2 fully saturated rings. The van der Waals surface area contributed by atoms with Gasteiger partial charge < -0.3 is 14.7 Å². The Morgan fingerprint density at radius 2 is 1.62 bits per heavy atom. The largest absolute Gasteiger partial charge is 0.362 e. The summed E-state index contributed by atoms with van der Waals surface area (Å²) in [7, 11) is 0. The molecule has 0 aromatic heterocycles. The van der Waals surface area contributed by atoms with Crippen LogP contribution in [-0.2, 0) is 4.79 Å². The first kappa shape index (κ1) is 18.9. The molecule has 2 aromatic rings. The van der Waals surface area contributed by atoms with Gasteiger partial charge in [-0.1, -0.05) is 12.1 Å². The summed E-state index contributed by atoms with van der Waals surface area (Å²) >= 11 is 0. The molecule has 0 N–H and O–H groups in total. The number of carbonyl (C=O) groups excluding carboxylic acids is 2. The molecule has 2 heterocycles. The molecule has 2 aliphatic rings. The highest BCUT2D eigenvalue weighted by Crippen LogP contribution is 2.28. The number of nitro benzene ring substituents is 1. The van der Waals surface area contributed by atoms with Crippen LogP contribution < -0.4 is 9.80 Å². The third-order valence-corrected chi connectivity index (χ3v) is 5.49. The van der Waals surface area contributed by atoms with Gasteiger partial charge in [0.2, 0.25) is 5.91 Å². The standard InChI is InChI=1S/C21H22N4O4/c26-20-6-3-11-24(20)17-9-7-16(8-10-17)21(27)23-14-12-22(13-15-23)18-4-1-2-5-19(18)25(28)29/h1-2,4-5,7-10H,3,6,11-15H2. The lowest BCUT2D eigenvalue weighted by molar-refractivity contribution is -0.384. The van der Waals surface area contributed by atoms with Crippen molar-refractivity contribution < 1.29 is 14.5 Å². The number of nitrogens with zero attached hydrogens (tertiary/aromatic N) is 4. The topological polar surface area (TPSA) is 87.0 Å². The average molecular weight is 394 g/mol. The van der Waals surface area contributed by atoms with Crippen molar-refractivity contribution in [2.45, 2.75) is 12.8 Å². The van der Waals surface area contributed by atoms with Gasteiger partial charge in [-0.15, -0.1) is 0 Å². The molecule has 8 nitrogen and oxygen atoms in total. The van der Waals surface area contributed by atoms with Gasteiger partial charge in [-0.25, -0.2) is 0 Å². The highest BCUT2D eigenvalue weighted by Gasteiger charge is 2.26. The predicted molar refractivity (Wildman–Crippen MR) is 109 cm³/mol. The molecular weight excluding hydrogens is 372 g/mol. The Morgan fingerprint density at radius 3 is 2.24 bits per heavy atom. The molecule has 0 unspecified atom stereocenters. The van der Waals surface area contributed by atoms with Crippen molar-refractivity contribution >= 4 is 28.9 Å². The van der Waals surface area contributed by atoms with Gasteiger partial charge >= 0.3 is 0 Å².